The van der Waals surface area contributed by atoms with Gasteiger partial charge in [-0.05, 0) is 12.2 Å². The summed E-state index contributed by atoms with van der Waals surface area (Å²) in [7, 11) is 0. The fraction of sp³-hybridized carbons (Fsp3) is 1.00. The molecule has 0 aliphatic heterocycles. The van der Waals surface area contributed by atoms with E-state index in [4.69, 9.17) is 5.11 Å². The van der Waals surface area contributed by atoms with E-state index in [0.717, 1.165) is 12.2 Å². The zero-order valence-electron chi connectivity index (χ0n) is 3.02. The highest BCUT2D eigenvalue weighted by molar-refractivity contribution is 7.80. The van der Waals surface area contributed by atoms with Gasteiger partial charge in [-0.15, -0.1) is 0 Å². The van der Waals surface area contributed by atoms with Crippen LogP contribution in [0.25, 0.3) is 0 Å². The molecule has 0 aromatic rings. The Morgan fingerprint density at radius 3 is 2.00 bits per heavy atom. The maximum absolute atomic E-state index is 8.02. The highest BCUT2D eigenvalue weighted by atomic mass is 32.1. The van der Waals surface area contributed by atoms with Crippen LogP contribution in [-0.2, 0) is 0 Å². The number of thiol groups is 1. The van der Waals surface area contributed by atoms with Crippen molar-refractivity contribution in [1.29, 1.82) is 0 Å². The van der Waals surface area contributed by atoms with Gasteiger partial charge in [0.25, 0.3) is 0 Å². The molecule has 0 unspecified atom stereocenters. The van der Waals surface area contributed by atoms with Gasteiger partial charge in [-0.25, -0.2) is 0 Å². The summed E-state index contributed by atoms with van der Waals surface area (Å²) in [5, 5.41) is 8.02. The van der Waals surface area contributed by atoms with Gasteiger partial charge >= 0.3 is 0 Å². The lowest BCUT2D eigenvalue weighted by Gasteiger charge is -1.79. The van der Waals surface area contributed by atoms with Crippen molar-refractivity contribution in [3.63, 3.8) is 0 Å². The molecule has 0 aromatic heterocycles. The SMILES string of the molecule is C.OCCCS. The molecule has 0 rings (SSSR count). The average molecular weight is 108 g/mol. The summed E-state index contributed by atoms with van der Waals surface area (Å²) in [6.07, 6.45) is 0.809. The minimum absolute atomic E-state index is 0. The zero-order valence-corrected chi connectivity index (χ0v) is 3.91. The highest BCUT2D eigenvalue weighted by Crippen LogP contribution is 1.76. The van der Waals surface area contributed by atoms with Crippen molar-refractivity contribution in [2.75, 3.05) is 12.4 Å². The van der Waals surface area contributed by atoms with Crippen molar-refractivity contribution in [3.05, 3.63) is 0 Å². The summed E-state index contributed by atoms with van der Waals surface area (Å²) in [4.78, 5) is 0. The minimum atomic E-state index is 0. The molecule has 0 fully saturated rings. The first-order chi connectivity index (χ1) is 2.41. The number of hydrogen-bond acceptors (Lipinski definition) is 2. The molecule has 0 aromatic carbocycles. The van der Waals surface area contributed by atoms with E-state index in [9.17, 15) is 0 Å². The average Bonchev–Trinajstić information content (AvgIpc) is 1.41. The van der Waals surface area contributed by atoms with Crippen LogP contribution >= 0.6 is 12.6 Å². The van der Waals surface area contributed by atoms with Crippen LogP contribution in [0.1, 0.15) is 13.8 Å². The zero-order chi connectivity index (χ0) is 4.12. The van der Waals surface area contributed by atoms with Gasteiger partial charge in [0.05, 0.1) is 0 Å². The molecule has 0 radical (unpaired) electrons. The first-order valence-electron chi connectivity index (χ1n) is 1.63. The fourth-order valence-electron chi connectivity index (χ4n) is 0.0707. The van der Waals surface area contributed by atoms with E-state index in [-0.39, 0.29) is 14.0 Å². The lowest BCUT2D eigenvalue weighted by molar-refractivity contribution is 0.296. The maximum atomic E-state index is 8.02. The number of hydrogen-bond donors (Lipinski definition) is 2. The van der Waals surface area contributed by atoms with Crippen LogP contribution in [-0.4, -0.2) is 17.5 Å². The van der Waals surface area contributed by atoms with Gasteiger partial charge in [0.1, 0.15) is 0 Å². The van der Waals surface area contributed by atoms with Gasteiger partial charge in [-0.3, -0.25) is 0 Å². The van der Waals surface area contributed by atoms with Crippen LogP contribution in [0.3, 0.4) is 0 Å². The summed E-state index contributed by atoms with van der Waals surface area (Å²) in [6.45, 7) is 0.267. The second-order valence-electron chi connectivity index (χ2n) is 0.801. The van der Waals surface area contributed by atoms with Crippen LogP contribution in [0.4, 0.5) is 0 Å². The number of aliphatic hydroxyl groups excluding tert-OH is 1. The van der Waals surface area contributed by atoms with Crippen molar-refractivity contribution in [2.24, 2.45) is 0 Å². The standard InChI is InChI=1S/C3H8OS.CH4/c4-2-1-3-5;/h4-5H,1-3H2;1H4. The van der Waals surface area contributed by atoms with Crippen molar-refractivity contribution in [3.8, 4) is 0 Å². The Bertz CT molecular complexity index is 15.0. The molecular weight excluding hydrogens is 96.1 g/mol. The first kappa shape index (κ1) is 9.58. The van der Waals surface area contributed by atoms with Crippen LogP contribution in [0, 0.1) is 0 Å². The van der Waals surface area contributed by atoms with Crippen molar-refractivity contribution < 1.29 is 5.11 Å². The van der Waals surface area contributed by atoms with Crippen LogP contribution in [0.15, 0.2) is 0 Å². The van der Waals surface area contributed by atoms with Gasteiger partial charge in [-0.2, -0.15) is 12.6 Å². The summed E-state index contributed by atoms with van der Waals surface area (Å²) in [5.74, 6) is 0.788. The van der Waals surface area contributed by atoms with E-state index < -0.39 is 0 Å². The summed E-state index contributed by atoms with van der Waals surface area (Å²) < 4.78 is 0. The summed E-state index contributed by atoms with van der Waals surface area (Å²) >= 11 is 3.84. The molecular formula is C4H12OS. The molecule has 0 saturated carbocycles. The molecule has 1 N–H and O–H groups in total. The van der Waals surface area contributed by atoms with E-state index in [2.05, 4.69) is 12.6 Å². The van der Waals surface area contributed by atoms with Crippen LogP contribution in [0.5, 0.6) is 0 Å². The highest BCUT2D eigenvalue weighted by Gasteiger charge is 1.69. The van der Waals surface area contributed by atoms with Crippen LogP contribution in [0.2, 0.25) is 0 Å². The summed E-state index contributed by atoms with van der Waals surface area (Å²) in [5.41, 5.74) is 0. The number of aliphatic hydroxyl groups is 1. The van der Waals surface area contributed by atoms with Crippen molar-refractivity contribution >= 4 is 12.6 Å². The van der Waals surface area contributed by atoms with Gasteiger partial charge < -0.3 is 5.11 Å². The monoisotopic (exact) mass is 108 g/mol. The van der Waals surface area contributed by atoms with E-state index in [1.165, 1.54) is 0 Å². The molecule has 0 spiro atoms. The van der Waals surface area contributed by atoms with Gasteiger partial charge in [0.2, 0.25) is 0 Å². The van der Waals surface area contributed by atoms with Crippen LogP contribution < -0.4 is 0 Å². The Morgan fingerprint density at radius 2 is 2.00 bits per heavy atom. The van der Waals surface area contributed by atoms with Crippen molar-refractivity contribution in [1.82, 2.24) is 0 Å². The molecule has 0 atom stereocenters. The molecule has 40 valence electrons. The van der Waals surface area contributed by atoms with Gasteiger partial charge in [-0.1, -0.05) is 7.43 Å². The van der Waals surface area contributed by atoms with Gasteiger partial charge in [0.15, 0.2) is 0 Å². The maximum Gasteiger partial charge on any atom is 0.0438 e. The Morgan fingerprint density at radius 1 is 1.50 bits per heavy atom. The van der Waals surface area contributed by atoms with E-state index in [0.29, 0.717) is 0 Å². The number of rotatable bonds is 2. The first-order valence-corrected chi connectivity index (χ1v) is 2.26. The second-order valence-corrected chi connectivity index (χ2v) is 1.25. The molecule has 6 heavy (non-hydrogen) atoms. The Labute approximate surface area is 44.8 Å². The molecule has 2 heteroatoms. The molecule has 0 heterocycles. The topological polar surface area (TPSA) is 20.2 Å². The third-order valence-corrected chi connectivity index (χ3v) is 0.632. The normalized spacial score (nSPS) is 7.00. The molecule has 0 aliphatic rings. The Hall–Kier alpha value is 0.310. The molecule has 0 bridgehead atoms. The van der Waals surface area contributed by atoms with Crippen molar-refractivity contribution in [2.45, 2.75) is 13.8 Å². The molecule has 0 saturated heterocycles. The Balaban J connectivity index is 0. The lowest BCUT2D eigenvalue weighted by Crippen LogP contribution is -1.79. The smallest absolute Gasteiger partial charge is 0.0438 e. The minimum Gasteiger partial charge on any atom is -0.396 e. The molecule has 0 aliphatic carbocycles. The predicted molar refractivity (Wildman–Crippen MR) is 32.3 cm³/mol. The molecule has 1 nitrogen and oxygen atoms in total. The quantitative estimate of drug-likeness (QED) is 0.504. The third kappa shape index (κ3) is 8.85. The Kier molecular flexibility index (Phi) is 14.4. The predicted octanol–water partition coefficient (Wildman–Crippen LogP) is 0.935. The van der Waals surface area contributed by atoms with E-state index in [1.807, 2.05) is 0 Å². The third-order valence-electron chi connectivity index (χ3n) is 0.316. The van der Waals surface area contributed by atoms with E-state index in [1.54, 1.807) is 0 Å². The summed E-state index contributed by atoms with van der Waals surface area (Å²) in [6, 6.07) is 0. The van der Waals surface area contributed by atoms with E-state index >= 15 is 0 Å². The lowest BCUT2D eigenvalue weighted by atomic mass is 10.5. The fourth-order valence-corrected chi connectivity index (χ4v) is 0.212. The largest absolute Gasteiger partial charge is 0.396 e. The van der Waals surface area contributed by atoms with Gasteiger partial charge in [0, 0.05) is 6.61 Å². The molecule has 0 amide bonds. The second kappa shape index (κ2) is 9.00.